The molecule has 0 heterocycles. The first-order chi connectivity index (χ1) is 17.2. The zero-order valence-corrected chi connectivity index (χ0v) is 21.4. The molecule has 8 heteroatoms. The van der Waals surface area contributed by atoms with Crippen molar-refractivity contribution in [2.75, 3.05) is 16.2 Å². The Kier molecular flexibility index (Phi) is 7.62. The van der Waals surface area contributed by atoms with Gasteiger partial charge in [0.25, 0.3) is 10.0 Å². The molecule has 0 saturated heterocycles. The molecule has 0 bridgehead atoms. The van der Waals surface area contributed by atoms with Gasteiger partial charge in [0, 0.05) is 10.7 Å². The molecule has 0 spiro atoms. The molecule has 0 fully saturated rings. The number of ether oxygens (including phenoxy) is 1. The van der Waals surface area contributed by atoms with Crippen LogP contribution in [-0.4, -0.2) is 20.9 Å². The molecule has 0 unspecified atom stereocenters. The van der Waals surface area contributed by atoms with Crippen LogP contribution in [0.15, 0.2) is 102 Å². The second kappa shape index (κ2) is 10.8. The molecular formula is C28H25ClN2O4S. The molecule has 6 nitrogen and oxygen atoms in total. The van der Waals surface area contributed by atoms with Gasteiger partial charge in [-0.05, 0) is 97.8 Å². The molecule has 4 rings (SSSR count). The van der Waals surface area contributed by atoms with Crippen LogP contribution in [0.2, 0.25) is 5.02 Å². The van der Waals surface area contributed by atoms with Crippen LogP contribution in [0.25, 0.3) is 0 Å². The van der Waals surface area contributed by atoms with Crippen molar-refractivity contribution < 1.29 is 17.9 Å². The minimum Gasteiger partial charge on any atom is -0.457 e. The lowest BCUT2D eigenvalue weighted by atomic mass is 10.1. The molecule has 0 aliphatic heterocycles. The minimum absolute atomic E-state index is 0.0420. The average Bonchev–Trinajstić information content (AvgIpc) is 2.86. The number of aryl methyl sites for hydroxylation is 2. The number of para-hydroxylation sites is 1. The number of carbonyl (C=O) groups excluding carboxylic acids is 1. The Labute approximate surface area is 216 Å². The van der Waals surface area contributed by atoms with Gasteiger partial charge in [-0.1, -0.05) is 35.9 Å². The molecule has 36 heavy (non-hydrogen) atoms. The molecular weight excluding hydrogens is 496 g/mol. The van der Waals surface area contributed by atoms with Crippen LogP contribution < -0.4 is 14.4 Å². The maximum atomic E-state index is 13.5. The summed E-state index contributed by atoms with van der Waals surface area (Å²) in [5.74, 6) is 0.828. The largest absolute Gasteiger partial charge is 0.457 e. The van der Waals surface area contributed by atoms with Gasteiger partial charge in [0.15, 0.2) is 0 Å². The van der Waals surface area contributed by atoms with Crippen LogP contribution in [0.5, 0.6) is 11.5 Å². The Morgan fingerprint density at radius 3 is 2.11 bits per heavy atom. The summed E-state index contributed by atoms with van der Waals surface area (Å²) in [6, 6.07) is 27.4. The highest BCUT2D eigenvalue weighted by Gasteiger charge is 2.27. The van der Waals surface area contributed by atoms with Crippen molar-refractivity contribution in [2.45, 2.75) is 18.7 Å². The molecule has 0 aromatic heterocycles. The number of hydrogen-bond acceptors (Lipinski definition) is 4. The van der Waals surface area contributed by atoms with Gasteiger partial charge in [-0.25, -0.2) is 8.42 Å². The normalized spacial score (nSPS) is 11.1. The highest BCUT2D eigenvalue weighted by atomic mass is 35.5. The number of benzene rings is 4. The summed E-state index contributed by atoms with van der Waals surface area (Å²) in [6.45, 7) is 3.43. The molecule has 0 radical (unpaired) electrons. The monoisotopic (exact) mass is 520 g/mol. The van der Waals surface area contributed by atoms with Gasteiger partial charge in [0.1, 0.15) is 18.0 Å². The number of anilines is 2. The third kappa shape index (κ3) is 6.05. The predicted molar refractivity (Wildman–Crippen MR) is 143 cm³/mol. The van der Waals surface area contributed by atoms with Crippen molar-refractivity contribution in [3.8, 4) is 11.5 Å². The summed E-state index contributed by atoms with van der Waals surface area (Å²) in [5, 5.41) is 3.19. The van der Waals surface area contributed by atoms with E-state index in [1.165, 1.54) is 24.3 Å². The second-order valence-electron chi connectivity index (χ2n) is 8.22. The molecule has 0 aliphatic rings. The highest BCUT2D eigenvalue weighted by molar-refractivity contribution is 7.92. The second-order valence-corrected chi connectivity index (χ2v) is 10.5. The van der Waals surface area contributed by atoms with Crippen molar-refractivity contribution in [3.05, 3.63) is 113 Å². The first-order valence-electron chi connectivity index (χ1n) is 11.2. The number of carbonyl (C=O) groups is 1. The first-order valence-corrected chi connectivity index (χ1v) is 13.0. The zero-order chi connectivity index (χ0) is 25.7. The number of nitrogens with zero attached hydrogens (tertiary/aromatic N) is 1. The van der Waals surface area contributed by atoms with E-state index in [4.69, 9.17) is 16.3 Å². The summed E-state index contributed by atoms with van der Waals surface area (Å²) in [5.41, 5.74) is 2.85. The smallest absolute Gasteiger partial charge is 0.264 e. The maximum Gasteiger partial charge on any atom is 0.264 e. The van der Waals surface area contributed by atoms with Crippen LogP contribution in [0.3, 0.4) is 0 Å². The van der Waals surface area contributed by atoms with Crippen molar-refractivity contribution in [1.29, 1.82) is 0 Å². The lowest BCUT2D eigenvalue weighted by Crippen LogP contribution is -2.38. The van der Waals surface area contributed by atoms with E-state index in [1.807, 2.05) is 50.2 Å². The third-order valence-electron chi connectivity index (χ3n) is 5.58. The van der Waals surface area contributed by atoms with E-state index >= 15 is 0 Å². The Hall–Kier alpha value is -3.81. The standard InChI is InChI=1S/C28H25ClN2O4S/c1-20-8-13-24(18-21(20)2)31(36(33,34)27-16-9-22(29)10-17-27)19-28(32)30-23-11-14-26(15-12-23)35-25-6-4-3-5-7-25/h3-18H,19H2,1-2H3,(H,30,32). The molecule has 0 atom stereocenters. The van der Waals surface area contributed by atoms with Gasteiger partial charge in [-0.2, -0.15) is 0 Å². The van der Waals surface area contributed by atoms with Crippen molar-refractivity contribution >= 4 is 38.9 Å². The van der Waals surface area contributed by atoms with Crippen LogP contribution in [-0.2, 0) is 14.8 Å². The predicted octanol–water partition coefficient (Wildman–Crippen LogP) is 6.58. The molecule has 1 amide bonds. The molecule has 4 aromatic rings. The van der Waals surface area contributed by atoms with Gasteiger partial charge in [0.2, 0.25) is 5.91 Å². The van der Waals surface area contributed by atoms with Gasteiger partial charge < -0.3 is 10.1 Å². The lowest BCUT2D eigenvalue weighted by Gasteiger charge is -2.25. The maximum absolute atomic E-state index is 13.5. The number of nitrogens with one attached hydrogen (secondary N) is 1. The summed E-state index contributed by atoms with van der Waals surface area (Å²) in [6.07, 6.45) is 0. The molecule has 1 N–H and O–H groups in total. The third-order valence-corrected chi connectivity index (χ3v) is 7.62. The molecule has 0 saturated carbocycles. The Balaban J connectivity index is 1.55. The van der Waals surface area contributed by atoms with E-state index in [1.54, 1.807) is 36.4 Å². The minimum atomic E-state index is -4.04. The number of sulfonamides is 1. The number of rotatable bonds is 8. The van der Waals surface area contributed by atoms with Crippen LogP contribution >= 0.6 is 11.6 Å². The fourth-order valence-corrected chi connectivity index (χ4v) is 5.03. The molecule has 4 aromatic carbocycles. The van der Waals surface area contributed by atoms with Crippen molar-refractivity contribution in [1.82, 2.24) is 0 Å². The number of hydrogen-bond donors (Lipinski definition) is 1. The Morgan fingerprint density at radius 2 is 1.47 bits per heavy atom. The van der Waals surface area contributed by atoms with Crippen molar-refractivity contribution in [3.63, 3.8) is 0 Å². The summed E-state index contributed by atoms with van der Waals surface area (Å²) < 4.78 is 33.9. The molecule has 184 valence electrons. The van der Waals surface area contributed by atoms with Crippen LogP contribution in [0.1, 0.15) is 11.1 Å². The lowest BCUT2D eigenvalue weighted by molar-refractivity contribution is -0.114. The SMILES string of the molecule is Cc1ccc(N(CC(=O)Nc2ccc(Oc3ccccc3)cc2)S(=O)(=O)c2ccc(Cl)cc2)cc1C. The first kappa shape index (κ1) is 25.3. The average molecular weight is 521 g/mol. The van der Waals surface area contributed by atoms with Crippen molar-refractivity contribution in [2.24, 2.45) is 0 Å². The van der Waals surface area contributed by atoms with Crippen LogP contribution in [0, 0.1) is 13.8 Å². The summed E-state index contributed by atoms with van der Waals surface area (Å²) in [7, 11) is -4.04. The van der Waals surface area contributed by atoms with Crippen LogP contribution in [0.4, 0.5) is 11.4 Å². The van der Waals surface area contributed by atoms with Gasteiger partial charge in [-0.15, -0.1) is 0 Å². The van der Waals surface area contributed by atoms with E-state index in [9.17, 15) is 13.2 Å². The van der Waals surface area contributed by atoms with Gasteiger partial charge in [0.05, 0.1) is 10.6 Å². The van der Waals surface area contributed by atoms with E-state index in [0.717, 1.165) is 15.4 Å². The Bertz CT molecular complexity index is 1460. The summed E-state index contributed by atoms with van der Waals surface area (Å²) in [4.78, 5) is 13.0. The fraction of sp³-hybridized carbons (Fsp3) is 0.107. The van der Waals surface area contributed by atoms with E-state index in [0.29, 0.717) is 27.9 Å². The fourth-order valence-electron chi connectivity index (χ4n) is 3.49. The quantitative estimate of drug-likeness (QED) is 0.284. The summed E-state index contributed by atoms with van der Waals surface area (Å²) >= 11 is 5.95. The van der Waals surface area contributed by atoms with E-state index in [-0.39, 0.29) is 4.90 Å². The Morgan fingerprint density at radius 1 is 0.833 bits per heavy atom. The number of halogens is 1. The zero-order valence-electron chi connectivity index (χ0n) is 19.8. The topological polar surface area (TPSA) is 75.7 Å². The van der Waals surface area contributed by atoms with Gasteiger partial charge in [-0.3, -0.25) is 9.10 Å². The molecule has 0 aliphatic carbocycles. The number of amides is 1. The highest BCUT2D eigenvalue weighted by Crippen LogP contribution is 2.27. The van der Waals surface area contributed by atoms with Gasteiger partial charge >= 0.3 is 0 Å². The van der Waals surface area contributed by atoms with E-state index in [2.05, 4.69) is 5.32 Å². The van der Waals surface area contributed by atoms with E-state index < -0.39 is 22.5 Å².